The summed E-state index contributed by atoms with van der Waals surface area (Å²) in [4.78, 5) is 13.1. The maximum Gasteiger partial charge on any atom is 0.250 e. The molecule has 0 saturated carbocycles. The van der Waals surface area contributed by atoms with Crippen molar-refractivity contribution in [1.82, 2.24) is 4.98 Å². The van der Waals surface area contributed by atoms with E-state index in [1.165, 1.54) is 6.20 Å². The van der Waals surface area contributed by atoms with Gasteiger partial charge in [-0.05, 0) is 13.0 Å². The maximum atomic E-state index is 10.7. The van der Waals surface area contributed by atoms with E-state index in [0.29, 0.717) is 11.3 Å². The Morgan fingerprint density at radius 3 is 2.60 bits per heavy atom. The number of halogens is 1. The molecule has 1 heterocycles. The number of aromatic amines is 1. The molecule has 0 aliphatic rings. The number of nitrogen functional groups attached to an aromatic ring is 1. The quantitative estimate of drug-likeness (QED) is 0.587. The second kappa shape index (κ2) is 3.27. The summed E-state index contributed by atoms with van der Waals surface area (Å²) in [5.74, 6) is 0. The van der Waals surface area contributed by atoms with E-state index in [2.05, 4.69) is 4.98 Å². The van der Waals surface area contributed by atoms with E-state index in [1.54, 1.807) is 13.0 Å². The van der Waals surface area contributed by atoms with E-state index >= 15 is 0 Å². The van der Waals surface area contributed by atoms with Crippen LogP contribution in [-0.2, 0) is 0 Å². The van der Waals surface area contributed by atoms with Crippen molar-refractivity contribution < 1.29 is 0 Å². The normalized spacial score (nSPS) is 8.50. The number of aromatic nitrogens is 1. The van der Waals surface area contributed by atoms with E-state index in [0.717, 1.165) is 0 Å². The molecule has 0 aromatic carbocycles. The number of aryl methyl sites for hydroxylation is 1. The zero-order valence-corrected chi connectivity index (χ0v) is 6.37. The molecular weight excluding hydrogens is 152 g/mol. The zero-order valence-electron chi connectivity index (χ0n) is 5.55. The van der Waals surface area contributed by atoms with E-state index in [1.807, 2.05) is 0 Å². The van der Waals surface area contributed by atoms with Gasteiger partial charge in [-0.1, -0.05) is 0 Å². The molecule has 1 aromatic heterocycles. The first-order valence-corrected chi connectivity index (χ1v) is 2.65. The molecule has 0 aliphatic heterocycles. The van der Waals surface area contributed by atoms with Crippen molar-refractivity contribution in [2.45, 2.75) is 6.92 Å². The summed E-state index contributed by atoms with van der Waals surface area (Å²) in [5.41, 5.74) is 6.52. The molecule has 4 heteroatoms. The van der Waals surface area contributed by atoms with Crippen LogP contribution in [0.2, 0.25) is 0 Å². The van der Waals surface area contributed by atoms with Gasteiger partial charge < -0.3 is 10.7 Å². The van der Waals surface area contributed by atoms with Gasteiger partial charge in [-0.3, -0.25) is 4.79 Å². The SMILES string of the molecule is Cc1cc(N)c[nH]c1=O.Cl. The Hall–Kier alpha value is -0.960. The smallest absolute Gasteiger partial charge is 0.250 e. The lowest BCUT2D eigenvalue weighted by molar-refractivity contribution is 1.19. The number of hydrogen-bond acceptors (Lipinski definition) is 2. The van der Waals surface area contributed by atoms with Gasteiger partial charge in [0.2, 0.25) is 0 Å². The molecule has 56 valence electrons. The summed E-state index contributed by atoms with van der Waals surface area (Å²) in [6, 6.07) is 1.64. The largest absolute Gasteiger partial charge is 0.398 e. The van der Waals surface area contributed by atoms with Gasteiger partial charge in [0.25, 0.3) is 5.56 Å². The molecule has 0 unspecified atom stereocenters. The van der Waals surface area contributed by atoms with E-state index in [9.17, 15) is 4.79 Å². The van der Waals surface area contributed by atoms with Gasteiger partial charge in [0.1, 0.15) is 0 Å². The first kappa shape index (κ1) is 9.04. The van der Waals surface area contributed by atoms with Crippen LogP contribution >= 0.6 is 12.4 Å². The van der Waals surface area contributed by atoms with Gasteiger partial charge in [-0.25, -0.2) is 0 Å². The number of nitrogens with one attached hydrogen (secondary N) is 1. The summed E-state index contributed by atoms with van der Waals surface area (Å²) in [7, 11) is 0. The van der Waals surface area contributed by atoms with Gasteiger partial charge in [-0.2, -0.15) is 0 Å². The van der Waals surface area contributed by atoms with Crippen LogP contribution in [0.15, 0.2) is 17.1 Å². The third-order valence-electron chi connectivity index (χ3n) is 1.11. The Morgan fingerprint density at radius 2 is 2.20 bits per heavy atom. The molecule has 0 spiro atoms. The number of H-pyrrole nitrogens is 1. The predicted octanol–water partition coefficient (Wildman–Crippen LogP) is 0.687. The average molecular weight is 161 g/mol. The Morgan fingerprint density at radius 1 is 1.60 bits per heavy atom. The van der Waals surface area contributed by atoms with Gasteiger partial charge >= 0.3 is 0 Å². The van der Waals surface area contributed by atoms with Crippen LogP contribution in [0.5, 0.6) is 0 Å². The summed E-state index contributed by atoms with van der Waals surface area (Å²) in [5, 5.41) is 0. The third kappa shape index (κ3) is 1.77. The fraction of sp³-hybridized carbons (Fsp3) is 0.167. The highest BCUT2D eigenvalue weighted by Crippen LogP contribution is 1.95. The predicted molar refractivity (Wildman–Crippen MR) is 43.5 cm³/mol. The molecular formula is C6H9ClN2O. The van der Waals surface area contributed by atoms with Crippen LogP contribution in [0.3, 0.4) is 0 Å². The molecule has 0 saturated heterocycles. The summed E-state index contributed by atoms with van der Waals surface area (Å²) >= 11 is 0. The molecule has 0 amide bonds. The lowest BCUT2D eigenvalue weighted by Gasteiger charge is -1.91. The monoisotopic (exact) mass is 160 g/mol. The van der Waals surface area contributed by atoms with Crippen molar-refractivity contribution >= 4 is 18.1 Å². The molecule has 1 aromatic rings. The number of nitrogens with two attached hydrogens (primary N) is 1. The first-order chi connectivity index (χ1) is 4.20. The Balaban J connectivity index is 0.000000810. The lowest BCUT2D eigenvalue weighted by atomic mass is 10.3. The second-order valence-corrected chi connectivity index (χ2v) is 1.95. The molecule has 0 bridgehead atoms. The number of anilines is 1. The minimum absolute atomic E-state index is 0. The van der Waals surface area contributed by atoms with Crippen molar-refractivity contribution in [2.75, 3.05) is 5.73 Å². The fourth-order valence-electron chi connectivity index (χ4n) is 0.620. The highest BCUT2D eigenvalue weighted by molar-refractivity contribution is 5.85. The second-order valence-electron chi connectivity index (χ2n) is 1.95. The Labute approximate surface area is 64.7 Å². The average Bonchev–Trinajstić information content (AvgIpc) is 1.80. The molecule has 1 rings (SSSR count). The highest BCUT2D eigenvalue weighted by Gasteiger charge is 1.89. The standard InChI is InChI=1S/C6H8N2O.ClH/c1-4-2-5(7)3-8-6(4)9;/h2-3H,7H2,1H3,(H,8,9);1H. The van der Waals surface area contributed by atoms with Gasteiger partial charge in [0.15, 0.2) is 0 Å². The minimum Gasteiger partial charge on any atom is -0.398 e. The van der Waals surface area contributed by atoms with Crippen LogP contribution < -0.4 is 11.3 Å². The van der Waals surface area contributed by atoms with Crippen molar-refractivity contribution in [3.05, 3.63) is 28.2 Å². The van der Waals surface area contributed by atoms with Crippen LogP contribution in [-0.4, -0.2) is 4.98 Å². The van der Waals surface area contributed by atoms with E-state index in [-0.39, 0.29) is 18.0 Å². The molecule has 0 atom stereocenters. The first-order valence-electron chi connectivity index (χ1n) is 2.65. The zero-order chi connectivity index (χ0) is 6.85. The van der Waals surface area contributed by atoms with E-state index in [4.69, 9.17) is 5.73 Å². The van der Waals surface area contributed by atoms with Crippen LogP contribution in [0.1, 0.15) is 5.56 Å². The Kier molecular flexibility index (Phi) is 2.96. The molecule has 0 fully saturated rings. The van der Waals surface area contributed by atoms with Crippen molar-refractivity contribution in [3.8, 4) is 0 Å². The Bertz CT molecular complexity index is 269. The van der Waals surface area contributed by atoms with Gasteiger partial charge in [0.05, 0.1) is 0 Å². The van der Waals surface area contributed by atoms with Crippen molar-refractivity contribution in [3.63, 3.8) is 0 Å². The van der Waals surface area contributed by atoms with Crippen LogP contribution in [0, 0.1) is 6.92 Å². The fourth-order valence-corrected chi connectivity index (χ4v) is 0.620. The molecule has 10 heavy (non-hydrogen) atoms. The summed E-state index contributed by atoms with van der Waals surface area (Å²) in [6.45, 7) is 1.72. The molecule has 3 N–H and O–H groups in total. The topological polar surface area (TPSA) is 58.9 Å². The number of hydrogen-bond donors (Lipinski definition) is 2. The van der Waals surface area contributed by atoms with E-state index < -0.39 is 0 Å². The molecule has 0 aliphatic carbocycles. The van der Waals surface area contributed by atoms with Crippen LogP contribution in [0.25, 0.3) is 0 Å². The highest BCUT2D eigenvalue weighted by atomic mass is 35.5. The summed E-state index contributed by atoms with van der Waals surface area (Å²) in [6.07, 6.45) is 1.48. The lowest BCUT2D eigenvalue weighted by Crippen LogP contribution is -2.08. The minimum atomic E-state index is -0.0794. The molecule has 0 radical (unpaired) electrons. The maximum absolute atomic E-state index is 10.7. The van der Waals surface area contributed by atoms with Crippen LogP contribution in [0.4, 0.5) is 5.69 Å². The van der Waals surface area contributed by atoms with Gasteiger partial charge in [0, 0.05) is 17.4 Å². The third-order valence-corrected chi connectivity index (χ3v) is 1.11. The number of pyridine rings is 1. The number of rotatable bonds is 0. The van der Waals surface area contributed by atoms with Crippen molar-refractivity contribution in [1.29, 1.82) is 0 Å². The summed E-state index contributed by atoms with van der Waals surface area (Å²) < 4.78 is 0. The van der Waals surface area contributed by atoms with Gasteiger partial charge in [-0.15, -0.1) is 12.4 Å². The van der Waals surface area contributed by atoms with Crippen molar-refractivity contribution in [2.24, 2.45) is 0 Å². The molecule has 3 nitrogen and oxygen atoms in total.